The summed E-state index contributed by atoms with van der Waals surface area (Å²) in [5.41, 5.74) is 12.2. The summed E-state index contributed by atoms with van der Waals surface area (Å²) in [5, 5.41) is 12.6. The Labute approximate surface area is 341 Å². The maximum absolute atomic E-state index is 11.6. The number of hydrogen-bond donors (Lipinski definition) is 1. The van der Waals surface area contributed by atoms with Gasteiger partial charge in [0, 0.05) is 44.8 Å². The van der Waals surface area contributed by atoms with Gasteiger partial charge in [0.1, 0.15) is 11.6 Å². The Balaban J connectivity index is 0.00000514. The van der Waals surface area contributed by atoms with Crippen LogP contribution >= 0.6 is 0 Å². The first-order valence-electron chi connectivity index (χ1n) is 19.0. The number of hydrogen-bond acceptors (Lipinski definition) is 4. The predicted molar refractivity (Wildman–Crippen MR) is 226 cm³/mol. The van der Waals surface area contributed by atoms with E-state index in [-0.39, 0.29) is 48.5 Å². The smallest absolute Gasteiger partial charge is 0.148 e. The van der Waals surface area contributed by atoms with Crippen LogP contribution in [0.25, 0.3) is 61.4 Å². The molecule has 1 N–H and O–H groups in total. The van der Waals surface area contributed by atoms with Gasteiger partial charge in [0.15, 0.2) is 0 Å². The second kappa shape index (κ2) is 14.2. The fourth-order valence-electron chi connectivity index (χ4n) is 7.03. The van der Waals surface area contributed by atoms with Crippen molar-refractivity contribution in [3.8, 4) is 45.2 Å². The Morgan fingerprint density at radius 3 is 1.76 bits per heavy atom. The molecule has 0 amide bonds. The molecule has 0 aliphatic heterocycles. The largest absolute Gasteiger partial charge is 0.507 e. The number of phenolic OH excluding ortho intramolecular Hbond substituents is 1. The van der Waals surface area contributed by atoms with Gasteiger partial charge in [-0.2, -0.15) is 0 Å². The number of imidazole rings is 1. The maximum atomic E-state index is 11.6. The summed E-state index contributed by atoms with van der Waals surface area (Å²) >= 11 is 0. The van der Waals surface area contributed by atoms with Crippen molar-refractivity contribution in [2.24, 2.45) is 0 Å². The number of phenols is 1. The van der Waals surface area contributed by atoms with Crippen LogP contribution in [0.15, 0.2) is 97.3 Å². The van der Waals surface area contributed by atoms with E-state index in [0.717, 1.165) is 55.6 Å². The molecule has 7 aromatic rings. The minimum Gasteiger partial charge on any atom is -0.507 e. The molecule has 0 atom stereocenters. The van der Waals surface area contributed by atoms with E-state index in [0.29, 0.717) is 11.4 Å². The van der Waals surface area contributed by atoms with Crippen molar-refractivity contribution in [2.75, 3.05) is 0 Å². The summed E-state index contributed by atoms with van der Waals surface area (Å²) in [7, 11) is 0. The molecule has 3 aromatic heterocycles. The van der Waals surface area contributed by atoms with Gasteiger partial charge < -0.3 is 5.11 Å². The van der Waals surface area contributed by atoms with E-state index in [1.807, 2.05) is 36.7 Å². The van der Waals surface area contributed by atoms with Crippen LogP contribution < -0.4 is 0 Å². The number of aromatic nitrogens is 4. The fourth-order valence-corrected chi connectivity index (χ4v) is 7.03. The van der Waals surface area contributed by atoms with Gasteiger partial charge in [-0.15, -0.1) is 29.3 Å². The van der Waals surface area contributed by atoms with E-state index in [9.17, 15) is 5.11 Å². The molecular formula is C49H53N4OPt-. The van der Waals surface area contributed by atoms with Crippen LogP contribution in [-0.2, 0) is 42.7 Å². The molecule has 7 rings (SSSR count). The van der Waals surface area contributed by atoms with Gasteiger partial charge in [-0.25, -0.2) is 4.98 Å². The Hall–Kier alpha value is -4.60. The minimum atomic E-state index is -0.172. The third-order valence-corrected chi connectivity index (χ3v) is 10.5. The van der Waals surface area contributed by atoms with E-state index in [1.165, 1.54) is 16.7 Å². The number of rotatable bonds is 4. The maximum Gasteiger partial charge on any atom is 0.148 e. The van der Waals surface area contributed by atoms with Crippen LogP contribution in [-0.4, -0.2) is 24.6 Å². The number of aromatic hydroxyl groups is 1. The van der Waals surface area contributed by atoms with Gasteiger partial charge >= 0.3 is 0 Å². The number of pyridine rings is 2. The zero-order chi connectivity index (χ0) is 39.0. The van der Waals surface area contributed by atoms with Crippen LogP contribution in [0.5, 0.6) is 5.75 Å². The van der Waals surface area contributed by atoms with Crippen molar-refractivity contribution >= 4 is 21.9 Å². The summed E-state index contributed by atoms with van der Waals surface area (Å²) in [6, 6.07) is 33.6. The molecule has 6 heteroatoms. The Bertz CT molecular complexity index is 2530. The topological polar surface area (TPSA) is 63.8 Å². The monoisotopic (exact) mass is 908 g/mol. The normalized spacial score (nSPS) is 12.7. The number of fused-ring (bicyclic) bond motifs is 2. The van der Waals surface area contributed by atoms with Crippen LogP contribution in [0.1, 0.15) is 105 Å². The Morgan fingerprint density at radius 1 is 0.545 bits per heavy atom. The molecule has 0 saturated carbocycles. The molecule has 0 aliphatic rings. The summed E-state index contributed by atoms with van der Waals surface area (Å²) in [6.07, 6.45) is 3.68. The van der Waals surface area contributed by atoms with Crippen molar-refractivity contribution in [2.45, 2.75) is 105 Å². The summed E-state index contributed by atoms with van der Waals surface area (Å²) < 4.78 is 2.23. The van der Waals surface area contributed by atoms with Crippen molar-refractivity contribution in [3.63, 3.8) is 0 Å². The first-order chi connectivity index (χ1) is 25.2. The minimum absolute atomic E-state index is 0. The molecule has 0 unspecified atom stereocenters. The van der Waals surface area contributed by atoms with E-state index in [4.69, 9.17) is 15.0 Å². The van der Waals surface area contributed by atoms with Gasteiger partial charge in [-0.05, 0) is 86.2 Å². The molecular weight excluding hydrogens is 856 g/mol. The van der Waals surface area contributed by atoms with Crippen LogP contribution in [0.3, 0.4) is 0 Å². The van der Waals surface area contributed by atoms with Crippen LogP contribution in [0, 0.1) is 6.07 Å². The third kappa shape index (κ3) is 7.78. The first-order valence-corrected chi connectivity index (χ1v) is 19.0. The van der Waals surface area contributed by atoms with E-state index < -0.39 is 0 Å². The molecule has 0 spiro atoms. The average Bonchev–Trinajstić information content (AvgIpc) is 3.49. The quantitative estimate of drug-likeness (QED) is 0.179. The van der Waals surface area contributed by atoms with Gasteiger partial charge in [-0.1, -0.05) is 125 Å². The molecule has 0 aliphatic carbocycles. The van der Waals surface area contributed by atoms with Gasteiger partial charge in [0.05, 0.1) is 22.1 Å². The average molecular weight is 909 g/mol. The molecule has 5 nitrogen and oxygen atoms in total. The fraction of sp³-hybridized carbons (Fsp3) is 0.327. The first kappa shape index (κ1) is 40.1. The molecule has 55 heavy (non-hydrogen) atoms. The van der Waals surface area contributed by atoms with Crippen molar-refractivity contribution in [3.05, 3.63) is 126 Å². The van der Waals surface area contributed by atoms with E-state index in [2.05, 4.69) is 154 Å². The van der Waals surface area contributed by atoms with Gasteiger partial charge in [0.2, 0.25) is 0 Å². The van der Waals surface area contributed by atoms with E-state index in [1.54, 1.807) is 0 Å². The van der Waals surface area contributed by atoms with Crippen LogP contribution in [0.2, 0.25) is 0 Å². The molecule has 286 valence electrons. The van der Waals surface area contributed by atoms with Crippen LogP contribution in [0.4, 0.5) is 0 Å². The zero-order valence-corrected chi connectivity index (χ0v) is 36.6. The predicted octanol–water partition coefficient (Wildman–Crippen LogP) is 12.7. The molecule has 0 fully saturated rings. The molecule has 0 bridgehead atoms. The number of benzene rings is 4. The summed E-state index contributed by atoms with van der Waals surface area (Å²) in [5.74, 6) is 0.887. The SMILES string of the molecule is CC(C)(C)c1ccc(-n2c(-c3cc(C(C)(C)C)ccc3O)nc3c(-c4[c-]c(-c5nccc6cccnc56)cc(C(C)(C)C)c4)cc(C(C)(C)C)cc32)cc1.[Pt]. The Kier molecular flexibility index (Phi) is 10.3. The standard InChI is InChI=1S/C49H53N4O.Pt/c1-46(2,3)33-15-18-37(19-16-33)53-40-29-36(49(10,11)12)28-38(44(40)52-45(53)39-27-34(47(4,5)6)17-20-41(39)54)31-24-32(26-35(25-31)48(7,8)9)43-42-30(21-23-51-43)14-13-22-50-42;/h13-23,25-29,54H,1-12H3;/q-1;. The summed E-state index contributed by atoms with van der Waals surface area (Å²) in [4.78, 5) is 15.1. The molecule has 0 radical (unpaired) electrons. The third-order valence-electron chi connectivity index (χ3n) is 10.5. The van der Waals surface area contributed by atoms with Crippen molar-refractivity contribution in [1.82, 2.24) is 19.5 Å². The molecule has 3 heterocycles. The van der Waals surface area contributed by atoms with Crippen molar-refractivity contribution in [1.29, 1.82) is 0 Å². The zero-order valence-electron chi connectivity index (χ0n) is 34.3. The number of nitrogens with zero attached hydrogens (tertiary/aromatic N) is 4. The molecule has 4 aromatic carbocycles. The van der Waals surface area contributed by atoms with Gasteiger partial charge in [0.25, 0.3) is 0 Å². The Morgan fingerprint density at radius 2 is 1.13 bits per heavy atom. The second-order valence-electron chi connectivity index (χ2n) is 18.9. The van der Waals surface area contributed by atoms with E-state index >= 15 is 0 Å². The molecule has 0 saturated heterocycles. The second-order valence-corrected chi connectivity index (χ2v) is 18.9. The summed E-state index contributed by atoms with van der Waals surface area (Å²) in [6.45, 7) is 26.8. The van der Waals surface area contributed by atoms with Crippen molar-refractivity contribution < 1.29 is 26.2 Å². The van der Waals surface area contributed by atoms with Gasteiger partial charge in [-0.3, -0.25) is 14.5 Å².